The molecule has 0 unspecified atom stereocenters. The molecule has 0 aromatic carbocycles. The van der Waals surface area contributed by atoms with Crippen LogP contribution in [0.2, 0.25) is 0 Å². The number of pyridine rings is 1. The molecule has 1 heterocycles. The molecule has 0 saturated carbocycles. The molecule has 1 rings (SSSR count). The van der Waals surface area contributed by atoms with E-state index >= 15 is 0 Å². The number of nitrogens with two attached hydrogens (primary N) is 1. The average Bonchev–Trinajstić information content (AvgIpc) is 2.09. The number of nitrogens with one attached hydrogen (secondary N) is 1. The van der Waals surface area contributed by atoms with Gasteiger partial charge in [-0.15, -0.1) is 0 Å². The fraction of sp³-hybridized carbons (Fsp3) is 0.222. The molecule has 0 aliphatic heterocycles. The molecule has 12 heavy (non-hydrogen) atoms. The number of aromatic nitrogens is 1. The molecule has 1 aromatic rings. The van der Waals surface area contributed by atoms with Crippen molar-refractivity contribution in [2.24, 2.45) is 0 Å². The molecule has 3 heteroatoms. The summed E-state index contributed by atoms with van der Waals surface area (Å²) in [5.41, 5.74) is 7.10. The largest absolute Gasteiger partial charge is 0.398 e. The molecular formula is C9H11N3. The van der Waals surface area contributed by atoms with Crippen LogP contribution >= 0.6 is 0 Å². The van der Waals surface area contributed by atoms with Crippen LogP contribution < -0.4 is 11.1 Å². The van der Waals surface area contributed by atoms with Crippen LogP contribution in [-0.4, -0.2) is 18.6 Å². The topological polar surface area (TPSA) is 50.9 Å². The minimum atomic E-state index is 0.661. The van der Waals surface area contributed by atoms with Gasteiger partial charge in [-0.05, 0) is 13.1 Å². The molecular weight excluding hydrogens is 150 g/mol. The Bertz CT molecular complexity index is 309. The lowest BCUT2D eigenvalue weighted by Gasteiger charge is -1.93. The third-order valence-electron chi connectivity index (χ3n) is 1.34. The first kappa shape index (κ1) is 8.57. The molecule has 0 aliphatic carbocycles. The van der Waals surface area contributed by atoms with Crippen molar-refractivity contribution >= 4 is 5.69 Å². The molecule has 0 spiro atoms. The molecule has 0 radical (unpaired) electrons. The minimum Gasteiger partial charge on any atom is -0.398 e. The highest BCUT2D eigenvalue weighted by Crippen LogP contribution is 2.05. The average molecular weight is 161 g/mol. The van der Waals surface area contributed by atoms with Crippen molar-refractivity contribution in [2.45, 2.75) is 0 Å². The van der Waals surface area contributed by atoms with Gasteiger partial charge in [0.1, 0.15) is 0 Å². The van der Waals surface area contributed by atoms with Crippen molar-refractivity contribution in [3.8, 4) is 11.8 Å². The molecule has 3 N–H and O–H groups in total. The second kappa shape index (κ2) is 4.37. The smallest absolute Gasteiger partial charge is 0.0658 e. The van der Waals surface area contributed by atoms with Gasteiger partial charge in [0.25, 0.3) is 0 Å². The molecule has 0 bridgehead atoms. The summed E-state index contributed by atoms with van der Waals surface area (Å²) >= 11 is 0. The summed E-state index contributed by atoms with van der Waals surface area (Å²) in [7, 11) is 1.85. The molecule has 3 nitrogen and oxygen atoms in total. The number of hydrogen-bond acceptors (Lipinski definition) is 3. The Labute approximate surface area is 72.0 Å². The second-order valence-electron chi connectivity index (χ2n) is 2.30. The highest BCUT2D eigenvalue weighted by Gasteiger charge is 1.90. The maximum Gasteiger partial charge on any atom is 0.0658 e. The van der Waals surface area contributed by atoms with Gasteiger partial charge in [-0.25, -0.2) is 0 Å². The van der Waals surface area contributed by atoms with Gasteiger partial charge in [0.15, 0.2) is 0 Å². The summed E-state index contributed by atoms with van der Waals surface area (Å²) in [5.74, 6) is 5.82. The Kier molecular flexibility index (Phi) is 3.12. The number of rotatable bonds is 1. The summed E-state index contributed by atoms with van der Waals surface area (Å²) < 4.78 is 0. The third-order valence-corrected chi connectivity index (χ3v) is 1.34. The first-order chi connectivity index (χ1) is 5.84. The van der Waals surface area contributed by atoms with Gasteiger partial charge >= 0.3 is 0 Å². The maximum absolute atomic E-state index is 5.64. The molecule has 0 atom stereocenters. The van der Waals surface area contributed by atoms with E-state index in [1.54, 1.807) is 18.5 Å². The number of anilines is 1. The summed E-state index contributed by atoms with van der Waals surface area (Å²) in [5, 5.41) is 2.92. The van der Waals surface area contributed by atoms with Crippen molar-refractivity contribution in [1.82, 2.24) is 10.3 Å². The third kappa shape index (κ3) is 2.26. The fourth-order valence-electron chi connectivity index (χ4n) is 0.737. The van der Waals surface area contributed by atoms with E-state index < -0.39 is 0 Å². The quantitative estimate of drug-likeness (QED) is 0.580. The van der Waals surface area contributed by atoms with E-state index in [-0.39, 0.29) is 0 Å². The summed E-state index contributed by atoms with van der Waals surface area (Å²) in [4.78, 5) is 3.92. The van der Waals surface area contributed by atoms with Crippen molar-refractivity contribution in [2.75, 3.05) is 19.3 Å². The Morgan fingerprint density at radius 1 is 1.67 bits per heavy atom. The van der Waals surface area contributed by atoms with Gasteiger partial charge in [-0.2, -0.15) is 0 Å². The van der Waals surface area contributed by atoms with E-state index in [9.17, 15) is 0 Å². The van der Waals surface area contributed by atoms with Crippen LogP contribution in [0.3, 0.4) is 0 Å². The van der Waals surface area contributed by atoms with Gasteiger partial charge in [-0.1, -0.05) is 11.8 Å². The monoisotopic (exact) mass is 161 g/mol. The zero-order valence-corrected chi connectivity index (χ0v) is 6.96. The van der Waals surface area contributed by atoms with Crippen LogP contribution in [0.25, 0.3) is 0 Å². The van der Waals surface area contributed by atoms with Gasteiger partial charge in [-0.3, -0.25) is 4.98 Å². The summed E-state index contributed by atoms with van der Waals surface area (Å²) in [6.07, 6.45) is 3.32. The van der Waals surface area contributed by atoms with Crippen LogP contribution in [-0.2, 0) is 0 Å². The highest BCUT2D eigenvalue weighted by molar-refractivity contribution is 5.53. The lowest BCUT2D eigenvalue weighted by atomic mass is 10.2. The predicted octanol–water partition coefficient (Wildman–Crippen LogP) is 0.235. The Hall–Kier alpha value is -1.53. The summed E-state index contributed by atoms with van der Waals surface area (Å²) in [6.45, 7) is 0.661. The lowest BCUT2D eigenvalue weighted by Crippen LogP contribution is -2.04. The van der Waals surface area contributed by atoms with Gasteiger partial charge in [0.05, 0.1) is 17.8 Å². The normalized spacial score (nSPS) is 8.75. The molecule has 0 amide bonds. The van der Waals surface area contributed by atoms with E-state index in [1.165, 1.54) is 0 Å². The standard InChI is InChI=1S/C9H11N3/c1-11-5-2-3-8-7-12-6-4-9(8)10/h4,6-7,11H,5H2,1H3,(H2,10,12). The molecule has 0 aliphatic rings. The van der Waals surface area contributed by atoms with Crippen molar-refractivity contribution in [1.29, 1.82) is 0 Å². The predicted molar refractivity (Wildman–Crippen MR) is 49.5 cm³/mol. The minimum absolute atomic E-state index is 0.661. The van der Waals surface area contributed by atoms with Crippen molar-refractivity contribution in [3.05, 3.63) is 24.0 Å². The Morgan fingerprint density at radius 3 is 3.17 bits per heavy atom. The Balaban J connectivity index is 2.77. The van der Waals surface area contributed by atoms with E-state index in [0.29, 0.717) is 12.2 Å². The molecule has 0 saturated heterocycles. The first-order valence-corrected chi connectivity index (χ1v) is 3.67. The van der Waals surface area contributed by atoms with Gasteiger partial charge < -0.3 is 11.1 Å². The van der Waals surface area contributed by atoms with Gasteiger partial charge in [0.2, 0.25) is 0 Å². The Morgan fingerprint density at radius 2 is 2.50 bits per heavy atom. The van der Waals surface area contributed by atoms with Crippen LogP contribution in [0.5, 0.6) is 0 Å². The van der Waals surface area contributed by atoms with E-state index in [4.69, 9.17) is 5.73 Å². The lowest BCUT2D eigenvalue weighted by molar-refractivity contribution is 0.938. The van der Waals surface area contributed by atoms with E-state index in [0.717, 1.165) is 5.56 Å². The number of hydrogen-bond donors (Lipinski definition) is 2. The maximum atomic E-state index is 5.64. The highest BCUT2D eigenvalue weighted by atomic mass is 14.8. The molecule has 1 aromatic heterocycles. The van der Waals surface area contributed by atoms with Crippen LogP contribution in [0, 0.1) is 11.8 Å². The number of nitrogens with zero attached hydrogens (tertiary/aromatic N) is 1. The van der Waals surface area contributed by atoms with Crippen LogP contribution in [0.1, 0.15) is 5.56 Å². The van der Waals surface area contributed by atoms with E-state index in [2.05, 4.69) is 22.1 Å². The second-order valence-corrected chi connectivity index (χ2v) is 2.30. The first-order valence-electron chi connectivity index (χ1n) is 3.67. The number of nitrogen functional groups attached to an aromatic ring is 1. The van der Waals surface area contributed by atoms with Crippen LogP contribution in [0.4, 0.5) is 5.69 Å². The van der Waals surface area contributed by atoms with E-state index in [1.807, 2.05) is 7.05 Å². The SMILES string of the molecule is CNCC#Cc1cnccc1N. The molecule has 0 fully saturated rings. The van der Waals surface area contributed by atoms with Gasteiger partial charge in [0, 0.05) is 12.4 Å². The molecule has 62 valence electrons. The van der Waals surface area contributed by atoms with Crippen molar-refractivity contribution in [3.63, 3.8) is 0 Å². The van der Waals surface area contributed by atoms with Crippen LogP contribution in [0.15, 0.2) is 18.5 Å². The fourth-order valence-corrected chi connectivity index (χ4v) is 0.737. The zero-order chi connectivity index (χ0) is 8.81. The van der Waals surface area contributed by atoms with Crippen molar-refractivity contribution < 1.29 is 0 Å². The zero-order valence-electron chi connectivity index (χ0n) is 6.96. The summed E-state index contributed by atoms with van der Waals surface area (Å²) in [6, 6.07) is 1.74.